The van der Waals surface area contributed by atoms with Gasteiger partial charge in [0.25, 0.3) is 14.3 Å². The molecule has 0 amide bonds. The third-order valence-electron chi connectivity index (χ3n) is 1.58. The van der Waals surface area contributed by atoms with Gasteiger partial charge in [-0.25, -0.2) is 0 Å². The second kappa shape index (κ2) is 4.21. The molecule has 1 rings (SSSR count). The van der Waals surface area contributed by atoms with Gasteiger partial charge in [0.05, 0.1) is 19.4 Å². The van der Waals surface area contributed by atoms with Crippen molar-refractivity contribution in [3.8, 4) is 0 Å². The SMILES string of the molecule is CC(=O)O[Si](C)(C)COCC1CO1. The van der Waals surface area contributed by atoms with Crippen LogP contribution in [0.5, 0.6) is 0 Å². The van der Waals surface area contributed by atoms with Crippen molar-refractivity contribution >= 4 is 14.3 Å². The van der Waals surface area contributed by atoms with Crippen molar-refractivity contribution in [3.63, 3.8) is 0 Å². The molecule has 5 heteroatoms. The van der Waals surface area contributed by atoms with Gasteiger partial charge in [0.1, 0.15) is 6.10 Å². The molecule has 1 saturated heterocycles. The van der Waals surface area contributed by atoms with E-state index in [1.807, 2.05) is 13.1 Å². The maximum absolute atomic E-state index is 10.7. The van der Waals surface area contributed by atoms with Gasteiger partial charge < -0.3 is 13.9 Å². The van der Waals surface area contributed by atoms with Crippen LogP contribution in [0.25, 0.3) is 0 Å². The largest absolute Gasteiger partial charge is 0.517 e. The van der Waals surface area contributed by atoms with Gasteiger partial charge >= 0.3 is 0 Å². The van der Waals surface area contributed by atoms with Crippen LogP contribution in [0.2, 0.25) is 13.1 Å². The molecule has 0 saturated carbocycles. The molecule has 1 fully saturated rings. The van der Waals surface area contributed by atoms with Crippen LogP contribution in [0, 0.1) is 0 Å². The monoisotopic (exact) mass is 204 g/mol. The van der Waals surface area contributed by atoms with Crippen molar-refractivity contribution in [2.45, 2.75) is 26.1 Å². The summed E-state index contributed by atoms with van der Waals surface area (Å²) in [5.41, 5.74) is 0. The Kier molecular flexibility index (Phi) is 3.46. The van der Waals surface area contributed by atoms with E-state index in [4.69, 9.17) is 13.9 Å². The number of carbonyl (C=O) groups excluding carboxylic acids is 1. The van der Waals surface area contributed by atoms with Crippen LogP contribution in [-0.2, 0) is 18.7 Å². The Hall–Kier alpha value is -0.393. The molecule has 0 N–H and O–H groups in total. The fourth-order valence-electron chi connectivity index (χ4n) is 1.02. The summed E-state index contributed by atoms with van der Waals surface area (Å²) in [5.74, 6) is -0.220. The molecule has 0 aromatic carbocycles. The Morgan fingerprint density at radius 2 is 2.23 bits per heavy atom. The first-order chi connectivity index (χ1) is 5.99. The van der Waals surface area contributed by atoms with Crippen molar-refractivity contribution in [3.05, 3.63) is 0 Å². The second-order valence-electron chi connectivity index (χ2n) is 3.82. The zero-order valence-electron chi connectivity index (χ0n) is 8.33. The molecule has 0 radical (unpaired) electrons. The highest BCUT2D eigenvalue weighted by molar-refractivity contribution is 6.72. The smallest absolute Gasteiger partial charge is 0.289 e. The molecule has 13 heavy (non-hydrogen) atoms. The predicted octanol–water partition coefficient (Wildman–Crippen LogP) is 0.709. The maximum atomic E-state index is 10.7. The van der Waals surface area contributed by atoms with E-state index in [0.29, 0.717) is 12.8 Å². The Balaban J connectivity index is 2.11. The Morgan fingerprint density at radius 3 is 2.69 bits per heavy atom. The molecule has 1 aliphatic rings. The standard InChI is InChI=1S/C8H16O4Si/c1-7(9)12-13(2,3)6-10-4-8-5-11-8/h8H,4-6H2,1-3H3. The highest BCUT2D eigenvalue weighted by Gasteiger charge is 2.28. The molecular weight excluding hydrogens is 188 g/mol. The van der Waals surface area contributed by atoms with Crippen LogP contribution in [0.1, 0.15) is 6.92 Å². The molecule has 1 heterocycles. The lowest BCUT2D eigenvalue weighted by Crippen LogP contribution is -2.39. The third kappa shape index (κ3) is 5.02. The molecule has 0 aromatic rings. The lowest BCUT2D eigenvalue weighted by molar-refractivity contribution is -0.132. The molecule has 0 bridgehead atoms. The van der Waals surface area contributed by atoms with Crippen LogP contribution in [0.3, 0.4) is 0 Å². The third-order valence-corrected chi connectivity index (χ3v) is 3.32. The molecule has 76 valence electrons. The first kappa shape index (κ1) is 10.7. The van der Waals surface area contributed by atoms with Crippen LogP contribution >= 0.6 is 0 Å². The molecule has 4 nitrogen and oxygen atoms in total. The zero-order chi connectivity index (χ0) is 9.90. The Bertz CT molecular complexity index is 189. The Labute approximate surface area is 79.3 Å². The van der Waals surface area contributed by atoms with E-state index < -0.39 is 8.32 Å². The quantitative estimate of drug-likeness (QED) is 0.489. The molecule has 1 atom stereocenters. The van der Waals surface area contributed by atoms with Crippen LogP contribution in [-0.4, -0.2) is 39.8 Å². The van der Waals surface area contributed by atoms with E-state index in [2.05, 4.69) is 0 Å². The molecule has 1 unspecified atom stereocenters. The second-order valence-corrected chi connectivity index (χ2v) is 7.84. The number of ether oxygens (including phenoxy) is 2. The molecule has 0 spiro atoms. The van der Waals surface area contributed by atoms with Gasteiger partial charge in [-0.3, -0.25) is 4.79 Å². The van der Waals surface area contributed by atoms with E-state index >= 15 is 0 Å². The number of rotatable bonds is 5. The molecular formula is C8H16O4Si. The summed E-state index contributed by atoms with van der Waals surface area (Å²) in [4.78, 5) is 10.7. The van der Waals surface area contributed by atoms with Gasteiger partial charge in [-0.05, 0) is 13.1 Å². The van der Waals surface area contributed by atoms with E-state index in [-0.39, 0.29) is 12.1 Å². The van der Waals surface area contributed by atoms with Crippen LogP contribution in [0.15, 0.2) is 0 Å². The number of hydrogen-bond donors (Lipinski definition) is 0. The molecule has 0 aromatic heterocycles. The summed E-state index contributed by atoms with van der Waals surface area (Å²) in [6.07, 6.45) is 0.828. The highest BCUT2D eigenvalue weighted by atomic mass is 28.4. The van der Waals surface area contributed by atoms with Crippen molar-refractivity contribution in [2.75, 3.05) is 19.4 Å². The minimum atomic E-state index is -1.93. The number of carbonyl (C=O) groups is 1. The van der Waals surface area contributed by atoms with Crippen molar-refractivity contribution in [2.24, 2.45) is 0 Å². The van der Waals surface area contributed by atoms with E-state index in [0.717, 1.165) is 6.61 Å². The molecule has 1 aliphatic heterocycles. The van der Waals surface area contributed by atoms with Gasteiger partial charge in [-0.15, -0.1) is 0 Å². The average Bonchev–Trinajstić information content (AvgIpc) is 2.67. The number of epoxide rings is 1. The summed E-state index contributed by atoms with van der Waals surface area (Å²) < 4.78 is 15.5. The fraction of sp³-hybridized carbons (Fsp3) is 0.875. The summed E-state index contributed by atoms with van der Waals surface area (Å²) >= 11 is 0. The average molecular weight is 204 g/mol. The summed E-state index contributed by atoms with van der Waals surface area (Å²) in [6, 6.07) is 0. The topological polar surface area (TPSA) is 48.1 Å². The predicted molar refractivity (Wildman–Crippen MR) is 49.8 cm³/mol. The summed E-state index contributed by atoms with van der Waals surface area (Å²) in [5, 5.41) is 0. The first-order valence-corrected chi connectivity index (χ1v) is 7.50. The minimum Gasteiger partial charge on any atom is -0.517 e. The first-order valence-electron chi connectivity index (χ1n) is 4.38. The van der Waals surface area contributed by atoms with Crippen LogP contribution in [0.4, 0.5) is 0 Å². The fourth-order valence-corrected chi connectivity index (χ4v) is 2.47. The molecule has 0 aliphatic carbocycles. The van der Waals surface area contributed by atoms with E-state index in [9.17, 15) is 4.79 Å². The van der Waals surface area contributed by atoms with Crippen molar-refractivity contribution in [1.29, 1.82) is 0 Å². The maximum Gasteiger partial charge on any atom is 0.289 e. The number of hydrogen-bond acceptors (Lipinski definition) is 4. The Morgan fingerprint density at radius 1 is 1.62 bits per heavy atom. The van der Waals surface area contributed by atoms with E-state index in [1.165, 1.54) is 6.92 Å². The zero-order valence-corrected chi connectivity index (χ0v) is 9.33. The normalized spacial score (nSPS) is 21.3. The van der Waals surface area contributed by atoms with Gasteiger partial charge in [0, 0.05) is 6.92 Å². The van der Waals surface area contributed by atoms with Gasteiger partial charge in [0.15, 0.2) is 0 Å². The van der Waals surface area contributed by atoms with E-state index in [1.54, 1.807) is 0 Å². The van der Waals surface area contributed by atoms with Gasteiger partial charge in [0.2, 0.25) is 0 Å². The summed E-state index contributed by atoms with van der Waals surface area (Å²) in [7, 11) is -1.93. The summed E-state index contributed by atoms with van der Waals surface area (Å²) in [6.45, 7) is 6.77. The minimum absolute atomic E-state index is 0.220. The lowest BCUT2D eigenvalue weighted by atomic mass is 10.5. The van der Waals surface area contributed by atoms with Crippen molar-refractivity contribution in [1.82, 2.24) is 0 Å². The highest BCUT2D eigenvalue weighted by Crippen LogP contribution is 2.11. The van der Waals surface area contributed by atoms with Crippen molar-refractivity contribution < 1.29 is 18.7 Å². The van der Waals surface area contributed by atoms with Crippen LogP contribution < -0.4 is 0 Å². The van der Waals surface area contributed by atoms with Gasteiger partial charge in [-0.2, -0.15) is 0 Å². The lowest BCUT2D eigenvalue weighted by Gasteiger charge is -2.21. The van der Waals surface area contributed by atoms with Gasteiger partial charge in [-0.1, -0.05) is 0 Å².